The Labute approximate surface area is 120 Å². The molecule has 0 aromatic heterocycles. The SMILES string of the molecule is CC(C)(C)C(N)CC(=O)c1ccc(Br)c(Cl)c1F. The molecule has 0 aliphatic heterocycles. The third-order valence-electron chi connectivity index (χ3n) is 2.85. The van der Waals surface area contributed by atoms with E-state index in [0.29, 0.717) is 4.47 Å². The predicted molar refractivity (Wildman–Crippen MR) is 75.5 cm³/mol. The number of halogens is 3. The van der Waals surface area contributed by atoms with Crippen LogP contribution < -0.4 is 5.73 Å². The first-order valence-electron chi connectivity index (χ1n) is 5.57. The third-order valence-corrected chi connectivity index (χ3v) is 4.11. The molecule has 0 bridgehead atoms. The Hall–Kier alpha value is -0.450. The van der Waals surface area contributed by atoms with E-state index in [9.17, 15) is 9.18 Å². The van der Waals surface area contributed by atoms with Crippen molar-refractivity contribution in [3.63, 3.8) is 0 Å². The molecule has 0 saturated heterocycles. The van der Waals surface area contributed by atoms with Gasteiger partial charge in [0.25, 0.3) is 0 Å². The van der Waals surface area contributed by atoms with Crippen LogP contribution in [0.15, 0.2) is 16.6 Å². The molecular formula is C13H16BrClFNO. The number of carbonyl (C=O) groups excluding carboxylic acids is 1. The number of benzene rings is 1. The minimum Gasteiger partial charge on any atom is -0.327 e. The van der Waals surface area contributed by atoms with Crippen LogP contribution in [0.1, 0.15) is 37.6 Å². The number of Topliss-reactive ketones (excluding diaryl/α,β-unsaturated/α-hetero) is 1. The van der Waals surface area contributed by atoms with E-state index in [2.05, 4.69) is 15.9 Å². The van der Waals surface area contributed by atoms with Crippen molar-refractivity contribution >= 4 is 33.3 Å². The van der Waals surface area contributed by atoms with Gasteiger partial charge in [-0.25, -0.2) is 4.39 Å². The number of nitrogens with two attached hydrogens (primary N) is 1. The van der Waals surface area contributed by atoms with Gasteiger partial charge < -0.3 is 5.73 Å². The van der Waals surface area contributed by atoms with Crippen LogP contribution in [0.2, 0.25) is 5.02 Å². The molecule has 0 aliphatic carbocycles. The Morgan fingerprint density at radius 2 is 2.06 bits per heavy atom. The molecule has 0 fully saturated rings. The fourth-order valence-electron chi connectivity index (χ4n) is 1.36. The maximum Gasteiger partial charge on any atom is 0.167 e. The van der Waals surface area contributed by atoms with Gasteiger partial charge in [-0.15, -0.1) is 0 Å². The molecule has 1 rings (SSSR count). The van der Waals surface area contributed by atoms with Crippen LogP contribution in [0.25, 0.3) is 0 Å². The molecule has 1 unspecified atom stereocenters. The monoisotopic (exact) mass is 335 g/mol. The summed E-state index contributed by atoms with van der Waals surface area (Å²) in [4.78, 5) is 12.0. The molecule has 2 nitrogen and oxygen atoms in total. The number of hydrogen-bond acceptors (Lipinski definition) is 2. The quantitative estimate of drug-likeness (QED) is 0.664. The normalized spacial score (nSPS) is 13.5. The molecule has 5 heteroatoms. The van der Waals surface area contributed by atoms with E-state index in [1.165, 1.54) is 6.07 Å². The Morgan fingerprint density at radius 3 is 2.56 bits per heavy atom. The Morgan fingerprint density at radius 1 is 1.50 bits per heavy atom. The van der Waals surface area contributed by atoms with Gasteiger partial charge in [-0.1, -0.05) is 32.4 Å². The standard InChI is InChI=1S/C13H16BrClFNO/c1-13(2,3)10(17)6-9(18)7-4-5-8(14)11(15)12(7)16/h4-5,10H,6,17H2,1-3H3. The van der Waals surface area contributed by atoms with E-state index >= 15 is 0 Å². The topological polar surface area (TPSA) is 43.1 Å². The van der Waals surface area contributed by atoms with Gasteiger partial charge in [-0.05, 0) is 33.5 Å². The first-order valence-corrected chi connectivity index (χ1v) is 6.74. The van der Waals surface area contributed by atoms with E-state index in [-0.39, 0.29) is 34.2 Å². The van der Waals surface area contributed by atoms with Gasteiger partial charge in [0.2, 0.25) is 0 Å². The van der Waals surface area contributed by atoms with Gasteiger partial charge >= 0.3 is 0 Å². The Balaban J connectivity index is 2.96. The summed E-state index contributed by atoms with van der Waals surface area (Å²) in [5.41, 5.74) is 5.71. The lowest BCUT2D eigenvalue weighted by molar-refractivity contribution is 0.0949. The first-order chi connectivity index (χ1) is 8.14. The van der Waals surface area contributed by atoms with E-state index in [1.807, 2.05) is 20.8 Å². The number of hydrogen-bond donors (Lipinski definition) is 1. The molecule has 100 valence electrons. The molecular weight excluding hydrogens is 321 g/mol. The lowest BCUT2D eigenvalue weighted by atomic mass is 9.83. The highest BCUT2D eigenvalue weighted by Gasteiger charge is 2.25. The zero-order valence-electron chi connectivity index (χ0n) is 10.6. The second kappa shape index (κ2) is 5.68. The van der Waals surface area contributed by atoms with Crippen LogP contribution in [0, 0.1) is 11.2 Å². The van der Waals surface area contributed by atoms with Crippen LogP contribution in [0.4, 0.5) is 4.39 Å². The molecule has 0 radical (unpaired) electrons. The summed E-state index contributed by atoms with van der Waals surface area (Å²) >= 11 is 8.85. The average Bonchev–Trinajstić information content (AvgIpc) is 2.24. The summed E-state index contributed by atoms with van der Waals surface area (Å²) in [6.45, 7) is 5.82. The van der Waals surface area contributed by atoms with Gasteiger partial charge in [0.05, 0.1) is 10.6 Å². The lowest BCUT2D eigenvalue weighted by Crippen LogP contribution is -2.37. The molecule has 1 aromatic carbocycles. The molecule has 18 heavy (non-hydrogen) atoms. The van der Waals surface area contributed by atoms with Gasteiger partial charge in [0, 0.05) is 16.9 Å². The van der Waals surface area contributed by atoms with E-state index in [0.717, 1.165) is 0 Å². The van der Waals surface area contributed by atoms with Gasteiger partial charge in [0.1, 0.15) is 0 Å². The number of rotatable bonds is 3. The van der Waals surface area contributed by atoms with Crippen molar-refractivity contribution in [1.29, 1.82) is 0 Å². The zero-order valence-corrected chi connectivity index (χ0v) is 12.9. The van der Waals surface area contributed by atoms with Crippen molar-refractivity contribution in [1.82, 2.24) is 0 Å². The van der Waals surface area contributed by atoms with Crippen molar-refractivity contribution in [2.75, 3.05) is 0 Å². The van der Waals surface area contributed by atoms with Gasteiger partial charge in [0.15, 0.2) is 11.6 Å². The average molecular weight is 337 g/mol. The molecule has 0 saturated carbocycles. The van der Waals surface area contributed by atoms with Crippen LogP contribution in [-0.4, -0.2) is 11.8 Å². The van der Waals surface area contributed by atoms with Crippen molar-refractivity contribution in [3.05, 3.63) is 33.0 Å². The molecule has 0 heterocycles. The van der Waals surface area contributed by atoms with Crippen LogP contribution in [-0.2, 0) is 0 Å². The van der Waals surface area contributed by atoms with E-state index in [4.69, 9.17) is 17.3 Å². The molecule has 1 aromatic rings. The molecule has 1 atom stereocenters. The fraction of sp³-hybridized carbons (Fsp3) is 0.462. The summed E-state index contributed by atoms with van der Waals surface area (Å²) in [5.74, 6) is -1.03. The molecule has 0 spiro atoms. The smallest absolute Gasteiger partial charge is 0.167 e. The summed E-state index contributed by atoms with van der Waals surface area (Å²) in [7, 11) is 0. The molecule has 0 aliphatic rings. The van der Waals surface area contributed by atoms with Crippen molar-refractivity contribution in [2.24, 2.45) is 11.1 Å². The predicted octanol–water partition coefficient (Wildman–Crippen LogP) is 4.19. The molecule has 2 N–H and O–H groups in total. The Kier molecular flexibility index (Phi) is 4.92. The third kappa shape index (κ3) is 3.53. The first kappa shape index (κ1) is 15.6. The van der Waals surface area contributed by atoms with Crippen LogP contribution >= 0.6 is 27.5 Å². The summed E-state index contributed by atoms with van der Waals surface area (Å²) in [6, 6.07) is 2.65. The van der Waals surface area contributed by atoms with Crippen LogP contribution in [0.3, 0.4) is 0 Å². The highest BCUT2D eigenvalue weighted by atomic mass is 79.9. The van der Waals surface area contributed by atoms with Gasteiger partial charge in [-0.3, -0.25) is 4.79 Å². The highest BCUT2D eigenvalue weighted by Crippen LogP contribution is 2.29. The summed E-state index contributed by atoms with van der Waals surface area (Å²) < 4.78 is 14.3. The Bertz CT molecular complexity index is 471. The number of carbonyl (C=O) groups is 1. The maximum atomic E-state index is 13.8. The van der Waals surface area contributed by atoms with Crippen molar-refractivity contribution in [3.8, 4) is 0 Å². The summed E-state index contributed by atoms with van der Waals surface area (Å²) in [6.07, 6.45) is 0.0956. The van der Waals surface area contributed by atoms with Crippen LogP contribution in [0.5, 0.6) is 0 Å². The van der Waals surface area contributed by atoms with Crippen molar-refractivity contribution < 1.29 is 9.18 Å². The summed E-state index contributed by atoms with van der Waals surface area (Å²) in [5, 5.41) is -0.0785. The largest absolute Gasteiger partial charge is 0.327 e. The molecule has 0 amide bonds. The zero-order chi connectivity index (χ0) is 14.1. The number of ketones is 1. The lowest BCUT2D eigenvalue weighted by Gasteiger charge is -2.26. The second-order valence-corrected chi connectivity index (χ2v) is 6.56. The highest BCUT2D eigenvalue weighted by molar-refractivity contribution is 9.10. The maximum absolute atomic E-state index is 13.8. The van der Waals surface area contributed by atoms with Crippen molar-refractivity contribution in [2.45, 2.75) is 33.2 Å². The minimum absolute atomic E-state index is 0.0112. The second-order valence-electron chi connectivity index (χ2n) is 5.32. The fourth-order valence-corrected chi connectivity index (χ4v) is 1.83. The minimum atomic E-state index is -0.697. The van der Waals surface area contributed by atoms with E-state index < -0.39 is 5.82 Å². The van der Waals surface area contributed by atoms with Gasteiger partial charge in [-0.2, -0.15) is 0 Å². The van der Waals surface area contributed by atoms with E-state index in [1.54, 1.807) is 6.07 Å².